The van der Waals surface area contributed by atoms with Crippen LogP contribution in [0.15, 0.2) is 72.8 Å². The van der Waals surface area contributed by atoms with Gasteiger partial charge >= 0.3 is 0 Å². The molecule has 0 spiro atoms. The van der Waals surface area contributed by atoms with Crippen molar-refractivity contribution in [3.05, 3.63) is 78.4 Å². The van der Waals surface area contributed by atoms with Gasteiger partial charge in [-0.05, 0) is 17.7 Å². The molecule has 0 saturated heterocycles. The highest BCUT2D eigenvalue weighted by molar-refractivity contribution is 6.10. The molecule has 4 aromatic rings. The molecule has 0 radical (unpaired) electrons. The van der Waals surface area contributed by atoms with Gasteiger partial charge in [0.15, 0.2) is 0 Å². The lowest BCUT2D eigenvalue weighted by Gasteiger charge is -2.27. The second kappa shape index (κ2) is 4.38. The van der Waals surface area contributed by atoms with Gasteiger partial charge in [0.1, 0.15) is 12.4 Å². The lowest BCUT2D eigenvalue weighted by Crippen LogP contribution is -2.22. The number of para-hydroxylation sites is 2. The summed E-state index contributed by atoms with van der Waals surface area (Å²) in [6, 6.07) is 25.8. The Morgan fingerprint density at radius 3 is 2.45 bits per heavy atom. The van der Waals surface area contributed by atoms with Crippen molar-refractivity contribution in [1.82, 2.24) is 4.57 Å². The van der Waals surface area contributed by atoms with Crippen LogP contribution in [0.3, 0.4) is 0 Å². The van der Waals surface area contributed by atoms with Crippen LogP contribution >= 0.6 is 0 Å². The molecule has 0 unspecified atom stereocenters. The zero-order valence-corrected chi connectivity index (χ0v) is 12.1. The van der Waals surface area contributed by atoms with Gasteiger partial charge in [-0.2, -0.15) is 0 Å². The SMILES string of the molecule is c1ccc([C@@H]2COc3cccc4c5ccccc5n2c34)cc1. The quantitative estimate of drug-likeness (QED) is 0.491. The lowest BCUT2D eigenvalue weighted by molar-refractivity contribution is 0.262. The Balaban J connectivity index is 1.92. The third-order valence-electron chi connectivity index (χ3n) is 4.59. The molecule has 5 rings (SSSR count). The number of fused-ring (bicyclic) bond motifs is 3. The molecule has 106 valence electrons. The van der Waals surface area contributed by atoms with Crippen LogP contribution in [0.25, 0.3) is 21.8 Å². The summed E-state index contributed by atoms with van der Waals surface area (Å²) in [5.41, 5.74) is 3.78. The maximum atomic E-state index is 6.07. The molecule has 22 heavy (non-hydrogen) atoms. The molecule has 0 fully saturated rings. The van der Waals surface area contributed by atoms with Crippen LogP contribution in [0, 0.1) is 0 Å². The predicted octanol–water partition coefficient (Wildman–Crippen LogP) is 4.78. The summed E-state index contributed by atoms with van der Waals surface area (Å²) >= 11 is 0. The number of benzene rings is 3. The summed E-state index contributed by atoms with van der Waals surface area (Å²) in [6.45, 7) is 0.675. The smallest absolute Gasteiger partial charge is 0.143 e. The third-order valence-corrected chi connectivity index (χ3v) is 4.59. The monoisotopic (exact) mass is 285 g/mol. The second-order valence-corrected chi connectivity index (χ2v) is 5.78. The molecule has 0 aliphatic carbocycles. The Labute approximate surface area is 128 Å². The van der Waals surface area contributed by atoms with E-state index in [2.05, 4.69) is 77.4 Å². The van der Waals surface area contributed by atoms with Crippen molar-refractivity contribution >= 4 is 21.8 Å². The van der Waals surface area contributed by atoms with E-state index in [-0.39, 0.29) is 6.04 Å². The van der Waals surface area contributed by atoms with Crippen LogP contribution < -0.4 is 4.74 Å². The van der Waals surface area contributed by atoms with Crippen molar-refractivity contribution < 1.29 is 4.74 Å². The number of aromatic nitrogens is 1. The Bertz CT molecular complexity index is 985. The molecule has 1 atom stereocenters. The summed E-state index contributed by atoms with van der Waals surface area (Å²) in [4.78, 5) is 0. The van der Waals surface area contributed by atoms with Gasteiger partial charge in [0, 0.05) is 16.3 Å². The van der Waals surface area contributed by atoms with Crippen LogP contribution in [-0.4, -0.2) is 11.2 Å². The average Bonchev–Trinajstić information content (AvgIpc) is 2.93. The number of hydrogen-bond acceptors (Lipinski definition) is 1. The molecule has 1 aromatic heterocycles. The first kappa shape index (κ1) is 11.9. The minimum Gasteiger partial charge on any atom is -0.489 e. The fraction of sp³-hybridized carbons (Fsp3) is 0.100. The molecule has 3 aromatic carbocycles. The topological polar surface area (TPSA) is 14.2 Å². The number of nitrogens with zero attached hydrogens (tertiary/aromatic N) is 1. The van der Waals surface area contributed by atoms with Crippen LogP contribution in [0.2, 0.25) is 0 Å². The highest BCUT2D eigenvalue weighted by Crippen LogP contribution is 2.41. The van der Waals surface area contributed by atoms with E-state index in [1.165, 1.54) is 27.4 Å². The van der Waals surface area contributed by atoms with Gasteiger partial charge in [-0.25, -0.2) is 0 Å². The molecular formula is C20H15NO. The summed E-state index contributed by atoms with van der Waals surface area (Å²) in [5, 5.41) is 2.57. The first-order chi connectivity index (χ1) is 10.9. The van der Waals surface area contributed by atoms with Crippen molar-refractivity contribution in [3.8, 4) is 5.75 Å². The number of ether oxygens (including phenoxy) is 1. The van der Waals surface area contributed by atoms with Gasteiger partial charge in [0.2, 0.25) is 0 Å². The maximum Gasteiger partial charge on any atom is 0.143 e. The second-order valence-electron chi connectivity index (χ2n) is 5.78. The Hall–Kier alpha value is -2.74. The van der Waals surface area contributed by atoms with Crippen LogP contribution in [0.1, 0.15) is 11.6 Å². The van der Waals surface area contributed by atoms with E-state index in [4.69, 9.17) is 4.74 Å². The first-order valence-corrected chi connectivity index (χ1v) is 7.63. The van der Waals surface area contributed by atoms with Gasteiger partial charge in [0.25, 0.3) is 0 Å². The normalized spacial score (nSPS) is 16.8. The van der Waals surface area contributed by atoms with Crippen molar-refractivity contribution in [3.63, 3.8) is 0 Å². The number of hydrogen-bond donors (Lipinski definition) is 0. The molecule has 2 heteroatoms. The summed E-state index contributed by atoms with van der Waals surface area (Å²) < 4.78 is 8.51. The van der Waals surface area contributed by atoms with Crippen molar-refractivity contribution in [1.29, 1.82) is 0 Å². The van der Waals surface area contributed by atoms with E-state index in [1.807, 2.05) is 0 Å². The molecule has 1 aliphatic heterocycles. The average molecular weight is 285 g/mol. The van der Waals surface area contributed by atoms with Gasteiger partial charge in [-0.1, -0.05) is 60.7 Å². The zero-order valence-electron chi connectivity index (χ0n) is 12.1. The third kappa shape index (κ3) is 1.49. The van der Waals surface area contributed by atoms with E-state index in [0.29, 0.717) is 6.61 Å². The zero-order chi connectivity index (χ0) is 14.5. The lowest BCUT2D eigenvalue weighted by atomic mass is 10.1. The minimum absolute atomic E-state index is 0.221. The first-order valence-electron chi connectivity index (χ1n) is 7.63. The van der Waals surface area contributed by atoms with E-state index in [1.54, 1.807) is 0 Å². The number of rotatable bonds is 1. The van der Waals surface area contributed by atoms with Gasteiger partial charge < -0.3 is 9.30 Å². The fourth-order valence-electron chi connectivity index (χ4n) is 3.62. The van der Waals surface area contributed by atoms with Crippen LogP contribution in [0.5, 0.6) is 5.75 Å². The van der Waals surface area contributed by atoms with E-state index >= 15 is 0 Å². The maximum absolute atomic E-state index is 6.07. The van der Waals surface area contributed by atoms with E-state index < -0.39 is 0 Å². The molecule has 0 saturated carbocycles. The molecule has 0 amide bonds. The Morgan fingerprint density at radius 1 is 0.773 bits per heavy atom. The molecule has 0 bridgehead atoms. The van der Waals surface area contributed by atoms with Crippen LogP contribution in [-0.2, 0) is 0 Å². The summed E-state index contributed by atoms with van der Waals surface area (Å²) in [7, 11) is 0. The fourth-order valence-corrected chi connectivity index (χ4v) is 3.62. The Kier molecular flexibility index (Phi) is 2.36. The molecule has 0 N–H and O–H groups in total. The summed E-state index contributed by atoms with van der Waals surface area (Å²) in [5.74, 6) is 0.987. The molecule has 2 heterocycles. The van der Waals surface area contributed by atoms with Crippen molar-refractivity contribution in [2.75, 3.05) is 6.61 Å². The standard InChI is InChI=1S/C20H15NO/c1-2-7-14(8-3-1)18-13-22-19-12-6-10-16-15-9-4-5-11-17(15)21(18)20(16)19/h1-12,18H,13H2/t18-/m0/s1. The largest absolute Gasteiger partial charge is 0.489 e. The molecule has 2 nitrogen and oxygen atoms in total. The van der Waals surface area contributed by atoms with Gasteiger partial charge in [-0.15, -0.1) is 0 Å². The van der Waals surface area contributed by atoms with Gasteiger partial charge in [0.05, 0.1) is 11.6 Å². The highest BCUT2D eigenvalue weighted by Gasteiger charge is 2.26. The van der Waals surface area contributed by atoms with E-state index in [0.717, 1.165) is 5.75 Å². The molecule has 1 aliphatic rings. The Morgan fingerprint density at radius 2 is 1.55 bits per heavy atom. The summed E-state index contributed by atoms with van der Waals surface area (Å²) in [6.07, 6.45) is 0. The minimum atomic E-state index is 0.221. The van der Waals surface area contributed by atoms with Crippen LogP contribution in [0.4, 0.5) is 0 Å². The highest BCUT2D eigenvalue weighted by atomic mass is 16.5. The predicted molar refractivity (Wildman–Crippen MR) is 89.5 cm³/mol. The van der Waals surface area contributed by atoms with Gasteiger partial charge in [-0.3, -0.25) is 0 Å². The molecular weight excluding hydrogens is 270 g/mol. The van der Waals surface area contributed by atoms with Crippen molar-refractivity contribution in [2.24, 2.45) is 0 Å². The van der Waals surface area contributed by atoms with Crippen molar-refractivity contribution in [2.45, 2.75) is 6.04 Å². The van der Waals surface area contributed by atoms with E-state index in [9.17, 15) is 0 Å².